The summed E-state index contributed by atoms with van der Waals surface area (Å²) in [5.74, 6) is 1.94. The average molecular weight is 378 g/mol. The minimum absolute atomic E-state index is 0.962. The Bertz CT molecular complexity index is 273. The van der Waals surface area contributed by atoms with E-state index in [9.17, 15) is 0 Å². The van der Waals surface area contributed by atoms with Gasteiger partial charge in [-0.05, 0) is 44.0 Å². The summed E-state index contributed by atoms with van der Waals surface area (Å²) < 4.78 is 7.13. The summed E-state index contributed by atoms with van der Waals surface area (Å²) in [4.78, 5) is 0. The van der Waals surface area contributed by atoms with Crippen molar-refractivity contribution in [3.05, 3.63) is 21.1 Å². The first-order valence-corrected chi connectivity index (χ1v) is 8.08. The fraction of sp³-hybridized carbons (Fsp3) is 0. The van der Waals surface area contributed by atoms with E-state index < -0.39 is 0 Å². The van der Waals surface area contributed by atoms with E-state index in [1.807, 2.05) is 30.5 Å². The van der Waals surface area contributed by atoms with Crippen molar-refractivity contribution in [1.82, 2.24) is 0 Å². The van der Waals surface area contributed by atoms with E-state index in [1.165, 1.54) is 0 Å². The van der Waals surface area contributed by atoms with Crippen LogP contribution < -0.4 is 4.74 Å². The van der Waals surface area contributed by atoms with Gasteiger partial charge >= 0.3 is 31.5 Å². The van der Waals surface area contributed by atoms with Gasteiger partial charge in [-0.2, -0.15) is 0 Å². The third kappa shape index (κ3) is 2.31. The topological polar surface area (TPSA) is 12.5 Å². The Balaban J connectivity index is 0.000000281. The molecule has 0 saturated carbocycles. The van der Waals surface area contributed by atoms with Gasteiger partial charge in [-0.25, -0.2) is 0 Å². The molecule has 1 aliphatic rings. The van der Waals surface area contributed by atoms with E-state index >= 15 is 0 Å². The molecular formula is C6H2Br3OTi. The van der Waals surface area contributed by atoms with Crippen LogP contribution >= 0.6 is 45.0 Å². The number of fused-ring (bicyclic) bond motifs is 1. The molecule has 0 amide bonds. The average Bonchev–Trinajstić information content (AvgIpc) is 2.81. The van der Waals surface area contributed by atoms with Gasteiger partial charge in [0.1, 0.15) is 0 Å². The zero-order valence-electron chi connectivity index (χ0n) is 5.20. The zero-order chi connectivity index (χ0) is 8.43. The maximum atomic E-state index is 5.07. The van der Waals surface area contributed by atoms with Crippen molar-refractivity contribution in [2.24, 2.45) is 0 Å². The van der Waals surface area contributed by atoms with Crippen LogP contribution in [0.2, 0.25) is 0 Å². The maximum absolute atomic E-state index is 5.07. The van der Waals surface area contributed by atoms with Crippen molar-refractivity contribution in [2.75, 3.05) is 0 Å². The number of benzene rings is 1. The van der Waals surface area contributed by atoms with Gasteiger partial charge in [-0.3, -0.25) is 0 Å². The summed E-state index contributed by atoms with van der Waals surface area (Å²) in [6.07, 6.45) is 0. The van der Waals surface area contributed by atoms with Crippen molar-refractivity contribution in [3.63, 3.8) is 0 Å². The van der Waals surface area contributed by atoms with Crippen LogP contribution in [-0.4, -0.2) is 0 Å². The summed E-state index contributed by atoms with van der Waals surface area (Å²) in [7, 11) is 0. The fourth-order valence-electron chi connectivity index (χ4n) is 0.678. The van der Waals surface area contributed by atoms with Crippen LogP contribution in [-0.2, 0) is 18.3 Å². The molecular weight excluding hydrogens is 376 g/mol. The van der Waals surface area contributed by atoms with Gasteiger partial charge in [0.15, 0.2) is 11.5 Å². The van der Waals surface area contributed by atoms with Gasteiger partial charge < -0.3 is 4.74 Å². The van der Waals surface area contributed by atoms with Gasteiger partial charge in [0.2, 0.25) is 0 Å². The Kier molecular flexibility index (Phi) is 4.12. The van der Waals surface area contributed by atoms with Crippen LogP contribution in [0.15, 0.2) is 21.1 Å². The Morgan fingerprint density at radius 3 is 2.36 bits per heavy atom. The van der Waals surface area contributed by atoms with Crippen LogP contribution in [0.3, 0.4) is 0 Å². The number of hydrogen-bond donors (Lipinski definition) is 0. The Morgan fingerprint density at radius 2 is 1.82 bits per heavy atom. The van der Waals surface area contributed by atoms with Gasteiger partial charge in [0.05, 0.1) is 4.47 Å². The van der Waals surface area contributed by atoms with Crippen molar-refractivity contribution in [3.8, 4) is 11.5 Å². The second-order valence-corrected chi connectivity index (χ2v) is 3.44. The Morgan fingerprint density at radius 1 is 1.18 bits per heavy atom. The van der Waals surface area contributed by atoms with Crippen LogP contribution in [0.25, 0.3) is 0 Å². The first kappa shape index (κ1) is 10.3. The summed E-state index contributed by atoms with van der Waals surface area (Å²) in [5, 5.41) is 0. The third-order valence-corrected chi connectivity index (χ3v) is 3.16. The number of halogens is 3. The number of hydrogen-bond acceptors (Lipinski definition) is 1. The second-order valence-electron chi connectivity index (χ2n) is 1.79. The Hall–Kier alpha value is 1.17. The molecule has 0 N–H and O–H groups in total. The molecule has 0 spiro atoms. The standard InChI is InChI=1S/C6H2Br2O.BrH.Ti/c7-3-1-2-4-6(9-4)5(3)8;;/h1-2H;1H;/q;;+1/p-1. The van der Waals surface area contributed by atoms with E-state index in [0.29, 0.717) is 0 Å². The number of ether oxygens (including phenoxy) is 1. The monoisotopic (exact) mass is 375 g/mol. The second kappa shape index (κ2) is 4.42. The molecule has 57 valence electrons. The molecule has 5 heteroatoms. The van der Waals surface area contributed by atoms with Crippen molar-refractivity contribution >= 4 is 45.0 Å². The molecule has 0 fully saturated rings. The van der Waals surface area contributed by atoms with Gasteiger partial charge in [-0.1, -0.05) is 0 Å². The zero-order valence-corrected chi connectivity index (χ0v) is 11.5. The molecule has 1 nitrogen and oxygen atoms in total. The van der Waals surface area contributed by atoms with Crippen molar-refractivity contribution in [1.29, 1.82) is 0 Å². The SMILES string of the molecule is Brc1ccc2c(c1Br)O2.[Ti][Br]. The van der Waals surface area contributed by atoms with Crippen LogP contribution in [0.5, 0.6) is 11.5 Å². The molecule has 0 unspecified atom stereocenters. The van der Waals surface area contributed by atoms with E-state index in [0.717, 1.165) is 20.4 Å². The van der Waals surface area contributed by atoms with Crippen LogP contribution in [0.4, 0.5) is 0 Å². The summed E-state index contributed by atoms with van der Waals surface area (Å²) in [6, 6.07) is 3.89. The molecule has 1 aromatic rings. The summed E-state index contributed by atoms with van der Waals surface area (Å²) in [5.41, 5.74) is 0. The van der Waals surface area contributed by atoms with Gasteiger partial charge in [0, 0.05) is 4.47 Å². The predicted octanol–water partition coefficient (Wildman–Crippen LogP) is 4.16. The molecule has 1 aromatic carbocycles. The molecule has 0 radical (unpaired) electrons. The third-order valence-electron chi connectivity index (χ3n) is 1.18. The summed E-state index contributed by atoms with van der Waals surface area (Å²) in [6.45, 7) is 0. The molecule has 1 heterocycles. The Labute approximate surface area is 99.6 Å². The van der Waals surface area contributed by atoms with Gasteiger partial charge in [0.25, 0.3) is 0 Å². The summed E-state index contributed by atoms with van der Waals surface area (Å²) >= 11 is 11.5. The van der Waals surface area contributed by atoms with E-state index in [4.69, 9.17) is 4.74 Å². The molecule has 0 aliphatic carbocycles. The van der Waals surface area contributed by atoms with E-state index in [1.54, 1.807) is 0 Å². The first-order chi connectivity index (χ1) is 5.29. The van der Waals surface area contributed by atoms with Crippen molar-refractivity contribution < 1.29 is 23.1 Å². The van der Waals surface area contributed by atoms with Crippen molar-refractivity contribution in [2.45, 2.75) is 0 Å². The fourth-order valence-corrected chi connectivity index (χ4v) is 1.40. The molecule has 2 rings (SSSR count). The molecule has 1 aliphatic heterocycles. The normalized spacial score (nSPS) is 10.4. The molecule has 0 atom stereocenters. The van der Waals surface area contributed by atoms with E-state index in [2.05, 4.69) is 45.0 Å². The van der Waals surface area contributed by atoms with Crippen LogP contribution in [0.1, 0.15) is 0 Å². The molecule has 0 bridgehead atoms. The minimum atomic E-state index is 0.962. The molecule has 0 saturated heterocycles. The molecule has 11 heavy (non-hydrogen) atoms. The van der Waals surface area contributed by atoms with Crippen LogP contribution in [0, 0.1) is 0 Å². The van der Waals surface area contributed by atoms with E-state index in [-0.39, 0.29) is 0 Å². The predicted molar refractivity (Wildman–Crippen MR) is 50.8 cm³/mol. The number of rotatable bonds is 0. The molecule has 0 aromatic heterocycles. The van der Waals surface area contributed by atoms with Gasteiger partial charge in [-0.15, -0.1) is 0 Å². The first-order valence-electron chi connectivity index (χ1n) is 2.64. The quantitative estimate of drug-likeness (QED) is 0.496.